The molecule has 0 spiro atoms. The highest BCUT2D eigenvalue weighted by molar-refractivity contribution is 5.23. The molecule has 74 valence electrons. The van der Waals surface area contributed by atoms with Crippen LogP contribution in [0.4, 0.5) is 13.2 Å². The highest BCUT2D eigenvalue weighted by atomic mass is 19.4. The van der Waals surface area contributed by atoms with Gasteiger partial charge < -0.3 is 0 Å². The van der Waals surface area contributed by atoms with Gasteiger partial charge in [0.2, 0.25) is 0 Å². The molecule has 1 nitrogen and oxygen atoms in total. The van der Waals surface area contributed by atoms with E-state index in [1.54, 1.807) is 0 Å². The van der Waals surface area contributed by atoms with Crippen LogP contribution in [0.3, 0.4) is 0 Å². The highest BCUT2D eigenvalue weighted by Crippen LogP contribution is 2.31. The lowest BCUT2D eigenvalue weighted by atomic mass is 10.1. The summed E-state index contributed by atoms with van der Waals surface area (Å²) in [5.74, 6) is 2.29. The molecule has 0 bridgehead atoms. The zero-order valence-corrected chi connectivity index (χ0v) is 7.30. The summed E-state index contributed by atoms with van der Waals surface area (Å²) in [5.41, 5.74) is -0.687. The Morgan fingerprint density at radius 2 is 2.14 bits per heavy atom. The number of hydrogen-bond acceptors (Lipinski definition) is 1. The fourth-order valence-corrected chi connectivity index (χ4v) is 1.09. The number of halogens is 3. The summed E-state index contributed by atoms with van der Waals surface area (Å²) >= 11 is 0. The second-order valence-corrected chi connectivity index (χ2v) is 2.70. The predicted octanol–water partition coefficient (Wildman–Crippen LogP) is 2.67. The van der Waals surface area contributed by atoms with Gasteiger partial charge in [-0.15, -0.1) is 12.3 Å². The molecule has 14 heavy (non-hydrogen) atoms. The van der Waals surface area contributed by atoms with Crippen molar-refractivity contribution in [3.8, 4) is 12.3 Å². The largest absolute Gasteiger partial charge is 0.418 e. The van der Waals surface area contributed by atoms with Gasteiger partial charge in [0.1, 0.15) is 0 Å². The Bertz CT molecular complexity index is 349. The SMILES string of the molecule is C#CCCc1ncccc1C(F)(F)F. The maximum atomic E-state index is 12.4. The molecule has 1 heterocycles. The summed E-state index contributed by atoms with van der Waals surface area (Å²) in [6, 6.07) is 2.28. The zero-order chi connectivity index (χ0) is 10.6. The fraction of sp³-hybridized carbons (Fsp3) is 0.300. The second kappa shape index (κ2) is 4.14. The van der Waals surface area contributed by atoms with Crippen LogP contribution in [-0.2, 0) is 12.6 Å². The van der Waals surface area contributed by atoms with E-state index in [0.29, 0.717) is 0 Å². The van der Waals surface area contributed by atoms with E-state index < -0.39 is 11.7 Å². The molecule has 0 radical (unpaired) electrons. The summed E-state index contributed by atoms with van der Waals surface area (Å²) in [7, 11) is 0. The molecule has 0 unspecified atom stereocenters. The molecule has 0 aromatic carbocycles. The Hall–Kier alpha value is -1.50. The van der Waals surface area contributed by atoms with Gasteiger partial charge in [0.05, 0.1) is 11.3 Å². The van der Waals surface area contributed by atoms with Crippen LogP contribution in [0, 0.1) is 12.3 Å². The smallest absolute Gasteiger partial charge is 0.261 e. The molecule has 0 aliphatic heterocycles. The average Bonchev–Trinajstić information content (AvgIpc) is 2.14. The molecule has 0 amide bonds. The van der Waals surface area contributed by atoms with Crippen molar-refractivity contribution in [3.63, 3.8) is 0 Å². The van der Waals surface area contributed by atoms with Crippen LogP contribution < -0.4 is 0 Å². The number of alkyl halides is 3. The quantitative estimate of drug-likeness (QED) is 0.667. The van der Waals surface area contributed by atoms with Crippen molar-refractivity contribution in [2.45, 2.75) is 19.0 Å². The van der Waals surface area contributed by atoms with Crippen molar-refractivity contribution in [1.82, 2.24) is 4.98 Å². The van der Waals surface area contributed by atoms with Gasteiger partial charge in [0.15, 0.2) is 0 Å². The molecule has 0 N–H and O–H groups in total. The van der Waals surface area contributed by atoms with Crippen molar-refractivity contribution in [2.24, 2.45) is 0 Å². The van der Waals surface area contributed by atoms with Gasteiger partial charge in [-0.25, -0.2) is 0 Å². The summed E-state index contributed by atoms with van der Waals surface area (Å²) in [4.78, 5) is 3.67. The molecular weight excluding hydrogens is 191 g/mol. The molecule has 0 aliphatic rings. The van der Waals surface area contributed by atoms with Gasteiger partial charge in [-0.05, 0) is 12.1 Å². The number of rotatable bonds is 2. The third-order valence-electron chi connectivity index (χ3n) is 1.70. The van der Waals surface area contributed by atoms with E-state index in [1.165, 1.54) is 12.3 Å². The molecule has 0 saturated carbocycles. The Labute approximate surface area is 80.0 Å². The zero-order valence-electron chi connectivity index (χ0n) is 7.30. The van der Waals surface area contributed by atoms with E-state index in [-0.39, 0.29) is 18.5 Å². The summed E-state index contributed by atoms with van der Waals surface area (Å²) < 4.78 is 37.2. The first-order valence-electron chi connectivity index (χ1n) is 4.00. The number of pyridine rings is 1. The van der Waals surface area contributed by atoms with Crippen molar-refractivity contribution in [3.05, 3.63) is 29.6 Å². The highest BCUT2D eigenvalue weighted by Gasteiger charge is 2.33. The monoisotopic (exact) mass is 199 g/mol. The van der Waals surface area contributed by atoms with Crippen LogP contribution in [0.1, 0.15) is 17.7 Å². The van der Waals surface area contributed by atoms with E-state index in [4.69, 9.17) is 6.42 Å². The molecule has 1 aromatic heterocycles. The van der Waals surface area contributed by atoms with E-state index in [9.17, 15) is 13.2 Å². The first kappa shape index (κ1) is 10.6. The fourth-order valence-electron chi connectivity index (χ4n) is 1.09. The maximum Gasteiger partial charge on any atom is 0.418 e. The third kappa shape index (κ3) is 2.49. The van der Waals surface area contributed by atoms with Crippen LogP contribution in [0.15, 0.2) is 18.3 Å². The van der Waals surface area contributed by atoms with Crippen LogP contribution in [-0.4, -0.2) is 4.98 Å². The molecule has 0 saturated heterocycles. The average molecular weight is 199 g/mol. The molecule has 0 fully saturated rings. The number of aryl methyl sites for hydroxylation is 1. The van der Waals surface area contributed by atoms with Gasteiger partial charge in [-0.3, -0.25) is 4.98 Å². The lowest BCUT2D eigenvalue weighted by Crippen LogP contribution is -2.10. The number of aromatic nitrogens is 1. The maximum absolute atomic E-state index is 12.4. The predicted molar refractivity (Wildman–Crippen MR) is 46.4 cm³/mol. The molecule has 0 atom stereocenters. The van der Waals surface area contributed by atoms with Crippen LogP contribution in [0.25, 0.3) is 0 Å². The Morgan fingerprint density at radius 3 is 2.71 bits per heavy atom. The van der Waals surface area contributed by atoms with Crippen LogP contribution in [0.2, 0.25) is 0 Å². The lowest BCUT2D eigenvalue weighted by Gasteiger charge is -2.10. The van der Waals surface area contributed by atoms with Crippen LogP contribution >= 0.6 is 0 Å². The Balaban J connectivity index is 2.99. The van der Waals surface area contributed by atoms with Crippen molar-refractivity contribution in [1.29, 1.82) is 0 Å². The second-order valence-electron chi connectivity index (χ2n) is 2.70. The van der Waals surface area contributed by atoms with E-state index in [1.807, 2.05) is 0 Å². The molecule has 1 aromatic rings. The minimum Gasteiger partial charge on any atom is -0.261 e. The van der Waals surface area contributed by atoms with Crippen LogP contribution in [0.5, 0.6) is 0 Å². The van der Waals surface area contributed by atoms with Gasteiger partial charge in [-0.2, -0.15) is 13.2 Å². The molecule has 0 aliphatic carbocycles. The Morgan fingerprint density at radius 1 is 1.43 bits per heavy atom. The molecule has 4 heteroatoms. The normalized spacial score (nSPS) is 11.0. The number of hydrogen-bond donors (Lipinski definition) is 0. The first-order valence-corrected chi connectivity index (χ1v) is 4.00. The van der Waals surface area contributed by atoms with Gasteiger partial charge in [0, 0.05) is 19.0 Å². The summed E-state index contributed by atoms with van der Waals surface area (Å²) in [6.07, 6.45) is 2.38. The van der Waals surface area contributed by atoms with E-state index in [2.05, 4.69) is 10.9 Å². The third-order valence-corrected chi connectivity index (χ3v) is 1.70. The van der Waals surface area contributed by atoms with Crippen molar-refractivity contribution >= 4 is 0 Å². The number of nitrogens with zero attached hydrogens (tertiary/aromatic N) is 1. The standard InChI is InChI=1S/C10H8F3N/c1-2-3-6-9-8(10(11,12)13)5-4-7-14-9/h1,4-5,7H,3,6H2. The van der Waals surface area contributed by atoms with Gasteiger partial charge in [-0.1, -0.05) is 0 Å². The first-order chi connectivity index (χ1) is 6.55. The van der Waals surface area contributed by atoms with Gasteiger partial charge >= 0.3 is 6.18 Å². The minimum absolute atomic E-state index is 0.0120. The van der Waals surface area contributed by atoms with Crippen molar-refractivity contribution < 1.29 is 13.2 Å². The summed E-state index contributed by atoms with van der Waals surface area (Å²) in [5, 5.41) is 0. The number of terminal acetylenes is 1. The lowest BCUT2D eigenvalue weighted by molar-refractivity contribution is -0.138. The van der Waals surface area contributed by atoms with E-state index in [0.717, 1.165) is 6.07 Å². The molecule has 1 rings (SSSR count). The van der Waals surface area contributed by atoms with Gasteiger partial charge in [0.25, 0.3) is 0 Å². The van der Waals surface area contributed by atoms with E-state index >= 15 is 0 Å². The Kier molecular flexibility index (Phi) is 3.13. The minimum atomic E-state index is -4.35. The van der Waals surface area contributed by atoms with Crippen molar-refractivity contribution in [2.75, 3.05) is 0 Å². The molecular formula is C10H8F3N. The topological polar surface area (TPSA) is 12.9 Å². The summed E-state index contributed by atoms with van der Waals surface area (Å²) in [6.45, 7) is 0.